The first kappa shape index (κ1) is 14.1. The van der Waals surface area contributed by atoms with Gasteiger partial charge in [-0.15, -0.1) is 0 Å². The summed E-state index contributed by atoms with van der Waals surface area (Å²) in [5.74, 6) is 0.570. The minimum Gasteiger partial charge on any atom is -0.316 e. The van der Waals surface area contributed by atoms with Gasteiger partial charge in [0.05, 0.1) is 0 Å². The van der Waals surface area contributed by atoms with Crippen LogP contribution in [0.3, 0.4) is 0 Å². The zero-order valence-corrected chi connectivity index (χ0v) is 12.5. The molecule has 0 radical (unpaired) electrons. The van der Waals surface area contributed by atoms with Gasteiger partial charge in [0.15, 0.2) is 0 Å². The second-order valence-electron chi connectivity index (χ2n) is 7.11. The van der Waals surface area contributed by atoms with Crippen LogP contribution in [0.2, 0.25) is 0 Å². The fraction of sp³-hybridized carbons (Fsp3) is 0.875. The van der Waals surface area contributed by atoms with E-state index in [1.54, 1.807) is 4.90 Å². The third-order valence-corrected chi connectivity index (χ3v) is 5.58. The topological polar surface area (TPSA) is 49.4 Å². The smallest absolute Gasteiger partial charge is 0.230 e. The molecule has 2 unspecified atom stereocenters. The van der Waals surface area contributed by atoms with Crippen LogP contribution in [0.5, 0.6) is 0 Å². The Balaban J connectivity index is 1.75. The molecule has 2 atom stereocenters. The quantitative estimate of drug-likeness (QED) is 0.747. The molecule has 0 aromatic carbocycles. The van der Waals surface area contributed by atoms with Gasteiger partial charge >= 0.3 is 0 Å². The second kappa shape index (κ2) is 5.47. The van der Waals surface area contributed by atoms with Crippen LogP contribution >= 0.6 is 0 Å². The van der Waals surface area contributed by atoms with Gasteiger partial charge < -0.3 is 5.32 Å². The van der Waals surface area contributed by atoms with Crippen molar-refractivity contribution in [3.8, 4) is 0 Å². The summed E-state index contributed by atoms with van der Waals surface area (Å²) in [6.45, 7) is 3.96. The number of hydrogen-bond acceptors (Lipinski definition) is 3. The summed E-state index contributed by atoms with van der Waals surface area (Å²) in [7, 11) is 0. The largest absolute Gasteiger partial charge is 0.316 e. The first-order valence-electron chi connectivity index (χ1n) is 8.17. The Morgan fingerprint density at radius 3 is 2.35 bits per heavy atom. The van der Waals surface area contributed by atoms with Gasteiger partial charge in [-0.2, -0.15) is 0 Å². The van der Waals surface area contributed by atoms with Crippen LogP contribution in [0.25, 0.3) is 0 Å². The molecule has 20 heavy (non-hydrogen) atoms. The Kier molecular flexibility index (Phi) is 3.85. The number of likely N-dealkylation sites (tertiary alicyclic amines) is 1. The van der Waals surface area contributed by atoms with Gasteiger partial charge in [-0.05, 0) is 43.7 Å². The highest BCUT2D eigenvalue weighted by atomic mass is 16.2. The van der Waals surface area contributed by atoms with Crippen molar-refractivity contribution in [2.45, 2.75) is 64.3 Å². The lowest BCUT2D eigenvalue weighted by Crippen LogP contribution is -2.57. The first-order valence-corrected chi connectivity index (χ1v) is 8.17. The van der Waals surface area contributed by atoms with E-state index in [1.165, 1.54) is 19.3 Å². The molecule has 1 saturated carbocycles. The molecule has 2 heterocycles. The molecular weight excluding hydrogens is 252 g/mol. The van der Waals surface area contributed by atoms with Crippen molar-refractivity contribution in [1.29, 1.82) is 0 Å². The molecule has 2 aliphatic heterocycles. The Hall–Kier alpha value is -0.900. The van der Waals surface area contributed by atoms with Crippen LogP contribution in [0.4, 0.5) is 0 Å². The van der Waals surface area contributed by atoms with Crippen molar-refractivity contribution in [3.05, 3.63) is 0 Å². The number of hydrogen-bond donors (Lipinski definition) is 1. The Labute approximate surface area is 121 Å². The molecule has 2 amide bonds. The molecule has 1 aliphatic carbocycles. The zero-order valence-electron chi connectivity index (χ0n) is 12.5. The Morgan fingerprint density at radius 1 is 1.10 bits per heavy atom. The van der Waals surface area contributed by atoms with E-state index in [-0.39, 0.29) is 23.3 Å². The monoisotopic (exact) mass is 278 g/mol. The SMILES string of the molecule is CC1CNCCC1N1C(=O)CC2(CCCCC2)CC1=O. The van der Waals surface area contributed by atoms with Crippen LogP contribution < -0.4 is 5.32 Å². The lowest BCUT2D eigenvalue weighted by molar-refractivity contribution is -0.159. The van der Waals surface area contributed by atoms with Crippen LogP contribution in [0.1, 0.15) is 58.3 Å². The van der Waals surface area contributed by atoms with E-state index in [2.05, 4.69) is 12.2 Å². The Morgan fingerprint density at radius 2 is 1.75 bits per heavy atom. The predicted molar refractivity (Wildman–Crippen MR) is 77.0 cm³/mol. The molecular formula is C16H26N2O2. The third-order valence-electron chi connectivity index (χ3n) is 5.58. The zero-order chi connectivity index (χ0) is 14.2. The van der Waals surface area contributed by atoms with Crippen molar-refractivity contribution in [3.63, 3.8) is 0 Å². The third kappa shape index (κ3) is 2.50. The summed E-state index contributed by atoms with van der Waals surface area (Å²) in [5.41, 5.74) is 0.0130. The number of carbonyl (C=O) groups excluding carboxylic acids is 2. The van der Waals surface area contributed by atoms with Crippen molar-refractivity contribution >= 4 is 11.8 Å². The summed E-state index contributed by atoms with van der Waals surface area (Å²) in [6, 6.07) is 0.122. The number of nitrogens with one attached hydrogen (secondary N) is 1. The van der Waals surface area contributed by atoms with E-state index in [1.807, 2.05) is 0 Å². The summed E-state index contributed by atoms with van der Waals surface area (Å²) in [5, 5.41) is 3.34. The number of piperidine rings is 2. The predicted octanol–water partition coefficient (Wildman–Crippen LogP) is 2.08. The number of amides is 2. The highest BCUT2D eigenvalue weighted by Gasteiger charge is 2.46. The van der Waals surface area contributed by atoms with Crippen LogP contribution in [0.15, 0.2) is 0 Å². The average molecular weight is 278 g/mol. The molecule has 1 N–H and O–H groups in total. The molecule has 4 heteroatoms. The number of nitrogens with zero attached hydrogens (tertiary/aromatic N) is 1. The number of rotatable bonds is 1. The lowest BCUT2D eigenvalue weighted by atomic mass is 9.67. The molecule has 3 fully saturated rings. The van der Waals surface area contributed by atoms with E-state index in [9.17, 15) is 9.59 Å². The fourth-order valence-corrected chi connectivity index (χ4v) is 4.42. The van der Waals surface area contributed by atoms with Gasteiger partial charge in [-0.3, -0.25) is 14.5 Å². The molecule has 112 valence electrons. The molecule has 3 aliphatic rings. The summed E-state index contributed by atoms with van der Waals surface area (Å²) >= 11 is 0. The minimum absolute atomic E-state index is 0.0130. The van der Waals surface area contributed by atoms with Gasteiger partial charge in [0.1, 0.15) is 0 Å². The van der Waals surface area contributed by atoms with Crippen molar-refractivity contribution in [2.75, 3.05) is 13.1 Å². The maximum Gasteiger partial charge on any atom is 0.230 e. The van der Waals surface area contributed by atoms with E-state index >= 15 is 0 Å². The molecule has 0 aromatic rings. The first-order chi connectivity index (χ1) is 9.61. The van der Waals surface area contributed by atoms with Crippen molar-refractivity contribution < 1.29 is 9.59 Å². The molecule has 3 rings (SSSR count). The number of imide groups is 1. The second-order valence-corrected chi connectivity index (χ2v) is 7.11. The molecule has 2 saturated heterocycles. The summed E-state index contributed by atoms with van der Waals surface area (Å²) < 4.78 is 0. The summed E-state index contributed by atoms with van der Waals surface area (Å²) in [4.78, 5) is 26.8. The summed E-state index contributed by atoms with van der Waals surface area (Å²) in [6.07, 6.45) is 7.89. The van der Waals surface area contributed by atoms with Gasteiger partial charge in [0, 0.05) is 18.9 Å². The van der Waals surface area contributed by atoms with Crippen LogP contribution in [-0.2, 0) is 9.59 Å². The molecule has 4 nitrogen and oxygen atoms in total. The standard InChI is InChI=1S/C16H26N2O2/c1-12-11-17-8-5-13(12)18-14(19)9-16(10-15(18)20)6-3-2-4-7-16/h12-13,17H,2-11H2,1H3. The minimum atomic E-state index is 0.0130. The number of carbonyl (C=O) groups is 2. The maximum atomic E-state index is 12.6. The molecule has 1 spiro atoms. The van der Waals surface area contributed by atoms with E-state index in [0.717, 1.165) is 32.4 Å². The van der Waals surface area contributed by atoms with Gasteiger partial charge in [-0.25, -0.2) is 0 Å². The Bertz CT molecular complexity index is 381. The maximum absolute atomic E-state index is 12.6. The van der Waals surface area contributed by atoms with Gasteiger partial charge in [0.2, 0.25) is 11.8 Å². The van der Waals surface area contributed by atoms with Gasteiger partial charge in [-0.1, -0.05) is 26.2 Å². The molecule has 0 aromatic heterocycles. The van der Waals surface area contributed by atoms with E-state index < -0.39 is 0 Å². The highest BCUT2D eigenvalue weighted by molar-refractivity contribution is 5.99. The lowest BCUT2D eigenvalue weighted by Gasteiger charge is -2.46. The normalized spacial score (nSPS) is 34.5. The van der Waals surface area contributed by atoms with Crippen molar-refractivity contribution in [2.24, 2.45) is 11.3 Å². The van der Waals surface area contributed by atoms with E-state index in [0.29, 0.717) is 18.8 Å². The highest BCUT2D eigenvalue weighted by Crippen LogP contribution is 2.46. The molecule has 0 bridgehead atoms. The van der Waals surface area contributed by atoms with Crippen LogP contribution in [0, 0.1) is 11.3 Å². The van der Waals surface area contributed by atoms with Gasteiger partial charge in [0.25, 0.3) is 0 Å². The van der Waals surface area contributed by atoms with Crippen molar-refractivity contribution in [1.82, 2.24) is 10.2 Å². The fourth-order valence-electron chi connectivity index (χ4n) is 4.42. The average Bonchev–Trinajstić information content (AvgIpc) is 2.41. The van der Waals surface area contributed by atoms with Crippen LogP contribution in [-0.4, -0.2) is 35.8 Å². The van der Waals surface area contributed by atoms with E-state index in [4.69, 9.17) is 0 Å².